The fraction of sp³-hybridized carbons (Fsp3) is 0.600. The van der Waals surface area contributed by atoms with Crippen molar-refractivity contribution in [3.63, 3.8) is 0 Å². The molecule has 0 amide bonds. The third-order valence-corrected chi connectivity index (χ3v) is 8.47. The summed E-state index contributed by atoms with van der Waals surface area (Å²) in [6, 6.07) is 9.39. The van der Waals surface area contributed by atoms with Crippen LogP contribution >= 0.6 is 0 Å². The number of carbonyl (C=O) groups excluding carboxylic acids is 2. The van der Waals surface area contributed by atoms with Crippen LogP contribution < -0.4 is 0 Å². The molecule has 0 bridgehead atoms. The Kier molecular flexibility index (Phi) is 4.45. The fourth-order valence-corrected chi connectivity index (χ4v) is 7.10. The van der Waals surface area contributed by atoms with Crippen LogP contribution in [-0.2, 0) is 9.53 Å². The summed E-state index contributed by atoms with van der Waals surface area (Å²) in [7, 11) is 0. The van der Waals surface area contributed by atoms with Gasteiger partial charge in [-0.15, -0.1) is 0 Å². The van der Waals surface area contributed by atoms with Gasteiger partial charge < -0.3 is 4.74 Å². The van der Waals surface area contributed by atoms with Crippen LogP contribution in [0.15, 0.2) is 42.0 Å². The van der Waals surface area contributed by atoms with E-state index in [1.165, 1.54) is 24.8 Å². The molecule has 0 radical (unpaired) electrons. The first-order chi connectivity index (χ1) is 13.6. The Balaban J connectivity index is 1.34. The number of ketones is 1. The molecule has 4 aliphatic rings. The number of esters is 1. The maximum Gasteiger partial charge on any atom is 0.338 e. The molecule has 1 aromatic carbocycles. The molecular weight excluding hydrogens is 350 g/mol. The van der Waals surface area contributed by atoms with Crippen LogP contribution in [0.4, 0.5) is 0 Å². The summed E-state index contributed by atoms with van der Waals surface area (Å²) in [4.78, 5) is 24.5. The van der Waals surface area contributed by atoms with Crippen molar-refractivity contribution in [3.05, 3.63) is 47.5 Å². The molecule has 0 aliphatic heterocycles. The normalized spacial score (nSPS) is 39.4. The maximum absolute atomic E-state index is 12.7. The van der Waals surface area contributed by atoms with Crippen molar-refractivity contribution < 1.29 is 14.3 Å². The zero-order chi connectivity index (χ0) is 19.3. The largest absolute Gasteiger partial charge is 0.458 e. The first-order valence-electron chi connectivity index (χ1n) is 11.1. The molecule has 0 heterocycles. The SMILES string of the molecule is C[C@]12CC[C@H]3[C@@H](CCC4=[13CH][13C](=O)CC[C@@H]43)[C@@H]1CC[C@@H]2OC(=O)c1ccccc1. The second-order valence-corrected chi connectivity index (χ2v) is 9.69. The topological polar surface area (TPSA) is 43.4 Å². The minimum absolute atomic E-state index is 0.0380. The van der Waals surface area contributed by atoms with Crippen molar-refractivity contribution in [1.29, 1.82) is 0 Å². The van der Waals surface area contributed by atoms with Crippen LogP contribution in [0.3, 0.4) is 0 Å². The van der Waals surface area contributed by atoms with Gasteiger partial charge in [0.15, 0.2) is 5.78 Å². The Morgan fingerprint density at radius 3 is 2.64 bits per heavy atom. The summed E-state index contributed by atoms with van der Waals surface area (Å²) in [6.45, 7) is 2.37. The number of fused-ring (bicyclic) bond motifs is 5. The van der Waals surface area contributed by atoms with Gasteiger partial charge in [0.05, 0.1) is 5.56 Å². The van der Waals surface area contributed by atoms with Crippen LogP contribution in [0.25, 0.3) is 0 Å². The second-order valence-electron chi connectivity index (χ2n) is 9.69. The molecular formula is C25H30O3. The molecule has 3 heteroatoms. The molecule has 0 spiro atoms. The van der Waals surface area contributed by atoms with Crippen molar-refractivity contribution in [2.75, 3.05) is 0 Å². The number of allylic oxidation sites excluding steroid dienone is 1. The molecule has 4 aliphatic carbocycles. The van der Waals surface area contributed by atoms with Crippen LogP contribution in [0, 0.1) is 29.1 Å². The van der Waals surface area contributed by atoms with E-state index < -0.39 is 0 Å². The Morgan fingerprint density at radius 1 is 1.00 bits per heavy atom. The van der Waals surface area contributed by atoms with E-state index in [2.05, 4.69) is 6.92 Å². The Morgan fingerprint density at radius 2 is 1.82 bits per heavy atom. The molecule has 0 aromatic heterocycles. The summed E-state index contributed by atoms with van der Waals surface area (Å²) < 4.78 is 6.08. The van der Waals surface area contributed by atoms with E-state index in [4.69, 9.17) is 4.74 Å². The average molecular weight is 380 g/mol. The lowest BCUT2D eigenvalue weighted by Gasteiger charge is -2.53. The number of benzene rings is 1. The van der Waals surface area contributed by atoms with Crippen molar-refractivity contribution in [2.45, 2.75) is 64.4 Å². The van der Waals surface area contributed by atoms with Gasteiger partial charge in [0, 0.05) is 11.8 Å². The van der Waals surface area contributed by atoms with E-state index in [9.17, 15) is 9.59 Å². The quantitative estimate of drug-likeness (QED) is 0.513. The van der Waals surface area contributed by atoms with Gasteiger partial charge in [0.2, 0.25) is 0 Å². The highest BCUT2D eigenvalue weighted by atomic mass is 16.5. The third kappa shape index (κ3) is 2.86. The van der Waals surface area contributed by atoms with Gasteiger partial charge in [-0.05, 0) is 86.8 Å². The number of ether oxygens (including phenoxy) is 1. The molecule has 6 atom stereocenters. The molecule has 3 fully saturated rings. The standard InChI is InChI=1S/C25H30O3/c1-25-14-13-20-19-10-8-18(26)15-17(19)7-9-21(20)22(25)11-12-23(25)28-24(27)16-5-3-2-4-6-16/h2-6,15,19-23H,7-14H2,1H3/t19-,20+,21+,22-,23-,25-/m0/s1/i15+1,18+1. The van der Waals surface area contributed by atoms with Crippen LogP contribution in [-0.4, -0.2) is 17.9 Å². The van der Waals surface area contributed by atoms with E-state index in [1.54, 1.807) is 0 Å². The molecule has 5 rings (SSSR count). The molecule has 3 saturated carbocycles. The van der Waals surface area contributed by atoms with Gasteiger partial charge in [-0.1, -0.05) is 30.7 Å². The maximum atomic E-state index is 12.7. The summed E-state index contributed by atoms with van der Waals surface area (Å²) in [5.41, 5.74) is 2.20. The first-order valence-corrected chi connectivity index (χ1v) is 11.1. The molecule has 3 nitrogen and oxygen atoms in total. The minimum Gasteiger partial charge on any atom is -0.458 e. The lowest BCUT2D eigenvalue weighted by Crippen LogP contribution is -2.48. The molecule has 1 aromatic rings. The van der Waals surface area contributed by atoms with Crippen molar-refractivity contribution in [3.8, 4) is 0 Å². The number of carbonyl (C=O) groups is 2. The second kappa shape index (κ2) is 6.86. The van der Waals surface area contributed by atoms with Gasteiger partial charge in [0.25, 0.3) is 0 Å². The van der Waals surface area contributed by atoms with Gasteiger partial charge >= 0.3 is 5.97 Å². The van der Waals surface area contributed by atoms with Crippen LogP contribution in [0.5, 0.6) is 0 Å². The highest BCUT2D eigenvalue weighted by Crippen LogP contribution is 2.62. The van der Waals surface area contributed by atoms with Crippen molar-refractivity contribution >= 4 is 11.8 Å². The van der Waals surface area contributed by atoms with Crippen LogP contribution in [0.2, 0.25) is 0 Å². The van der Waals surface area contributed by atoms with Crippen molar-refractivity contribution in [2.24, 2.45) is 29.1 Å². The zero-order valence-corrected chi connectivity index (χ0v) is 16.7. The molecule has 148 valence electrons. The molecule has 0 saturated heterocycles. The molecule has 0 N–H and O–H groups in total. The smallest absolute Gasteiger partial charge is 0.338 e. The Hall–Kier alpha value is -1.90. The fourth-order valence-electron chi connectivity index (χ4n) is 7.10. The van der Waals surface area contributed by atoms with E-state index in [0.717, 1.165) is 43.9 Å². The van der Waals surface area contributed by atoms with E-state index in [1.807, 2.05) is 36.4 Å². The first kappa shape index (κ1) is 18.1. The number of hydrogen-bond donors (Lipinski definition) is 0. The predicted molar refractivity (Wildman–Crippen MR) is 108 cm³/mol. The highest BCUT2D eigenvalue weighted by Gasteiger charge is 2.57. The van der Waals surface area contributed by atoms with E-state index >= 15 is 0 Å². The van der Waals surface area contributed by atoms with E-state index in [-0.39, 0.29) is 17.5 Å². The summed E-state index contributed by atoms with van der Waals surface area (Å²) in [6.07, 6.45) is 10.6. The number of hydrogen-bond acceptors (Lipinski definition) is 3. The van der Waals surface area contributed by atoms with Gasteiger partial charge in [-0.2, -0.15) is 0 Å². The zero-order valence-electron chi connectivity index (χ0n) is 16.7. The van der Waals surface area contributed by atoms with Crippen LogP contribution in [0.1, 0.15) is 68.6 Å². The van der Waals surface area contributed by atoms with Crippen molar-refractivity contribution in [1.82, 2.24) is 0 Å². The lowest BCUT2D eigenvalue weighted by atomic mass is 9.53. The molecule has 0 unspecified atom stereocenters. The lowest BCUT2D eigenvalue weighted by molar-refractivity contribution is -0.116. The monoisotopic (exact) mass is 380 g/mol. The summed E-state index contributed by atoms with van der Waals surface area (Å²) in [5.74, 6) is 2.91. The third-order valence-electron chi connectivity index (χ3n) is 8.47. The molecule has 28 heavy (non-hydrogen) atoms. The summed E-state index contributed by atoms with van der Waals surface area (Å²) in [5, 5.41) is 0. The Bertz CT molecular complexity index is 810. The minimum atomic E-state index is -0.172. The Labute approximate surface area is 167 Å². The van der Waals surface area contributed by atoms with Gasteiger partial charge in [0.1, 0.15) is 6.10 Å². The predicted octanol–water partition coefficient (Wildman–Crippen LogP) is 5.35. The van der Waals surface area contributed by atoms with Gasteiger partial charge in [-0.25, -0.2) is 4.79 Å². The van der Waals surface area contributed by atoms with Gasteiger partial charge in [-0.3, -0.25) is 4.79 Å². The number of rotatable bonds is 2. The average Bonchev–Trinajstić information content (AvgIpc) is 3.04. The highest BCUT2D eigenvalue weighted by molar-refractivity contribution is 5.91. The van der Waals surface area contributed by atoms with E-state index in [0.29, 0.717) is 23.2 Å². The summed E-state index contributed by atoms with van der Waals surface area (Å²) >= 11 is 0.